The molecule has 1 unspecified atom stereocenters. The van der Waals surface area contributed by atoms with Crippen LogP contribution >= 0.6 is 0 Å². The summed E-state index contributed by atoms with van der Waals surface area (Å²) < 4.78 is 0. The van der Waals surface area contributed by atoms with Crippen molar-refractivity contribution in [3.63, 3.8) is 0 Å². The smallest absolute Gasteiger partial charge is 0.398 e. The number of fused-ring (bicyclic) bond motifs is 3. The summed E-state index contributed by atoms with van der Waals surface area (Å²) in [5, 5.41) is 3.49. The van der Waals surface area contributed by atoms with Crippen molar-refractivity contribution >= 4 is 28.7 Å². The van der Waals surface area contributed by atoms with Crippen LogP contribution in [0.1, 0.15) is 100 Å². The first kappa shape index (κ1) is 29.3. The molecule has 0 amide bonds. The topological polar surface area (TPSA) is 57.6 Å². The third-order valence-electron chi connectivity index (χ3n) is 6.92. The normalized spacial score (nSPS) is 17.2. The minimum Gasteiger partial charge on any atom is -0.398 e. The van der Waals surface area contributed by atoms with E-state index in [4.69, 9.17) is 4.99 Å². The van der Waals surface area contributed by atoms with Crippen LogP contribution in [-0.2, 0) is 0 Å². The Bertz CT molecular complexity index is 1100. The molecule has 0 radical (unpaired) electrons. The first-order valence-electron chi connectivity index (χ1n) is 12.7. The van der Waals surface area contributed by atoms with Crippen molar-refractivity contribution in [1.29, 1.82) is 0 Å². The van der Waals surface area contributed by atoms with Crippen LogP contribution in [0.5, 0.6) is 0 Å². The van der Waals surface area contributed by atoms with Gasteiger partial charge in [0.15, 0.2) is 0 Å². The van der Waals surface area contributed by atoms with Crippen molar-refractivity contribution in [2.24, 2.45) is 10.4 Å². The SMILES string of the molecule is C=C1c2cc(C)cc(C(C)Nc3cc[c-]nc3C(C)=O)c2N=C2N1CCC21CCC1.CC.CC.[Na+]. The molecule has 1 saturated carbocycles. The summed E-state index contributed by atoms with van der Waals surface area (Å²) in [6.45, 7) is 19.2. The quantitative estimate of drug-likeness (QED) is 0.396. The fourth-order valence-corrected chi connectivity index (χ4v) is 5.14. The number of carbonyl (C=O) groups excluding carboxylic acids is 1. The maximum atomic E-state index is 12.0. The first-order valence-corrected chi connectivity index (χ1v) is 12.7. The molecule has 2 aromatic rings. The Hall–Kier alpha value is -1.95. The molecular formula is C29H39N4NaO. The second-order valence-electron chi connectivity index (χ2n) is 8.93. The second-order valence-corrected chi connectivity index (χ2v) is 8.93. The van der Waals surface area contributed by atoms with E-state index in [1.165, 1.54) is 44.0 Å². The van der Waals surface area contributed by atoms with Crippen molar-refractivity contribution in [3.8, 4) is 0 Å². The van der Waals surface area contributed by atoms with E-state index in [9.17, 15) is 4.79 Å². The fraction of sp³-hybridized carbons (Fsp3) is 0.483. The second kappa shape index (κ2) is 12.3. The molecule has 1 saturated heterocycles. The third-order valence-corrected chi connectivity index (χ3v) is 6.92. The van der Waals surface area contributed by atoms with Gasteiger partial charge in [-0.15, -0.1) is 6.07 Å². The molecule has 0 bridgehead atoms. The number of aliphatic imine (C=N–C) groups is 1. The average Bonchev–Trinajstić information content (AvgIpc) is 3.22. The maximum absolute atomic E-state index is 12.0. The van der Waals surface area contributed by atoms with E-state index >= 15 is 0 Å². The van der Waals surface area contributed by atoms with Gasteiger partial charge in [-0.3, -0.25) is 0 Å². The molecule has 1 aromatic heterocycles. The summed E-state index contributed by atoms with van der Waals surface area (Å²) in [5.74, 6) is 1.14. The van der Waals surface area contributed by atoms with E-state index in [2.05, 4.69) is 54.0 Å². The minimum absolute atomic E-state index is 0. The van der Waals surface area contributed by atoms with E-state index in [0.29, 0.717) is 5.69 Å². The number of nitrogens with one attached hydrogen (secondary N) is 1. The largest absolute Gasteiger partial charge is 1.00 e. The Balaban J connectivity index is 0.000000823. The molecule has 1 spiro atoms. The van der Waals surface area contributed by atoms with Gasteiger partial charge in [-0.2, -0.15) is 6.07 Å². The van der Waals surface area contributed by atoms with Crippen molar-refractivity contribution in [1.82, 2.24) is 9.88 Å². The number of rotatable bonds is 4. The third kappa shape index (κ3) is 5.42. The molecule has 182 valence electrons. The molecule has 5 rings (SSSR count). The zero-order valence-corrected chi connectivity index (χ0v) is 24.9. The van der Waals surface area contributed by atoms with Crippen LogP contribution < -0.4 is 34.9 Å². The number of hydrogen-bond acceptors (Lipinski definition) is 5. The predicted molar refractivity (Wildman–Crippen MR) is 143 cm³/mol. The van der Waals surface area contributed by atoms with Crippen molar-refractivity contribution < 1.29 is 34.4 Å². The summed E-state index contributed by atoms with van der Waals surface area (Å²) >= 11 is 0. The van der Waals surface area contributed by atoms with Crippen molar-refractivity contribution in [2.45, 2.75) is 80.2 Å². The number of amidine groups is 1. The molecule has 1 atom stereocenters. The summed E-state index contributed by atoms with van der Waals surface area (Å²) in [6, 6.07) is 7.94. The van der Waals surface area contributed by atoms with Gasteiger partial charge in [0.1, 0.15) is 11.6 Å². The number of anilines is 1. The van der Waals surface area contributed by atoms with Crippen LogP contribution in [0.3, 0.4) is 0 Å². The number of pyridine rings is 1. The molecule has 2 fully saturated rings. The maximum Gasteiger partial charge on any atom is 1.00 e. The van der Waals surface area contributed by atoms with Gasteiger partial charge < -0.3 is 20.0 Å². The molecular weight excluding hydrogens is 443 g/mol. The summed E-state index contributed by atoms with van der Waals surface area (Å²) in [7, 11) is 0. The van der Waals surface area contributed by atoms with Gasteiger partial charge in [0, 0.05) is 40.5 Å². The van der Waals surface area contributed by atoms with Crippen LogP contribution in [0.15, 0.2) is 35.8 Å². The van der Waals surface area contributed by atoms with Crippen LogP contribution in [0.2, 0.25) is 0 Å². The number of nitrogens with zero attached hydrogens (tertiary/aromatic N) is 3. The monoisotopic (exact) mass is 482 g/mol. The standard InChI is InChI=1S/C25H27N4O.2C2H6.Na/c1-15-13-19(16(2)27-21-7-5-11-26-22(21)18(4)30)23-20(14-15)17(3)29-12-10-25(8-6-9-25)24(29)28-23;2*1-2;/h5,7,13-14,16,27H,3,6,8-10,12H2,1-2,4H3;2*1-2H3;/q-1;;;+1. The van der Waals surface area contributed by atoms with Crippen LogP contribution in [0.4, 0.5) is 11.4 Å². The van der Waals surface area contributed by atoms with E-state index < -0.39 is 0 Å². The molecule has 1 aliphatic carbocycles. The van der Waals surface area contributed by atoms with E-state index in [-0.39, 0.29) is 46.8 Å². The number of carbonyl (C=O) groups is 1. The Morgan fingerprint density at radius 2 is 1.89 bits per heavy atom. The molecule has 1 aromatic carbocycles. The number of benzene rings is 1. The average molecular weight is 483 g/mol. The van der Waals surface area contributed by atoms with Crippen LogP contribution in [-0.4, -0.2) is 28.0 Å². The molecule has 1 N–H and O–H groups in total. The molecule has 6 heteroatoms. The zero-order chi connectivity index (χ0) is 25.0. The van der Waals surface area contributed by atoms with Gasteiger partial charge in [-0.25, -0.2) is 4.99 Å². The van der Waals surface area contributed by atoms with E-state index in [1.807, 2.05) is 33.8 Å². The molecule has 3 aliphatic rings. The molecule has 35 heavy (non-hydrogen) atoms. The van der Waals surface area contributed by atoms with Gasteiger partial charge in [0.25, 0.3) is 0 Å². The van der Waals surface area contributed by atoms with Crippen molar-refractivity contribution in [3.05, 3.63) is 59.4 Å². The Morgan fingerprint density at radius 1 is 1.20 bits per heavy atom. The van der Waals surface area contributed by atoms with Gasteiger partial charge >= 0.3 is 29.6 Å². The predicted octanol–water partition coefficient (Wildman–Crippen LogP) is 4.51. The number of Topliss-reactive ketones (excluding diaryl/α,β-unsaturated/α-hetero) is 1. The van der Waals surface area contributed by atoms with Gasteiger partial charge in [-0.05, 0) is 57.4 Å². The molecule has 5 nitrogen and oxygen atoms in total. The summed E-state index contributed by atoms with van der Waals surface area (Å²) in [6.07, 6.45) is 7.68. The van der Waals surface area contributed by atoms with Crippen molar-refractivity contribution in [2.75, 3.05) is 11.9 Å². The molecule has 2 aliphatic heterocycles. The van der Waals surface area contributed by atoms with Gasteiger partial charge in [-0.1, -0.05) is 53.0 Å². The number of hydrogen-bond donors (Lipinski definition) is 1. The number of aromatic nitrogens is 1. The zero-order valence-electron chi connectivity index (χ0n) is 22.9. The van der Waals surface area contributed by atoms with Gasteiger partial charge in [0.2, 0.25) is 0 Å². The van der Waals surface area contributed by atoms with E-state index in [1.54, 1.807) is 6.07 Å². The van der Waals surface area contributed by atoms with Gasteiger partial charge in [0.05, 0.1) is 5.69 Å². The number of aryl methyl sites for hydroxylation is 1. The first-order chi connectivity index (χ1) is 16.4. The minimum atomic E-state index is -0.0741. The fourth-order valence-electron chi connectivity index (χ4n) is 5.14. The Kier molecular flexibility index (Phi) is 10.3. The van der Waals surface area contributed by atoms with Crippen LogP contribution in [0, 0.1) is 18.5 Å². The number of ketones is 1. The van der Waals surface area contributed by atoms with E-state index in [0.717, 1.165) is 34.7 Å². The Labute approximate surface area is 233 Å². The van der Waals surface area contributed by atoms with Crippen LogP contribution in [0.25, 0.3) is 5.70 Å². The summed E-state index contributed by atoms with van der Waals surface area (Å²) in [5.41, 5.74) is 6.90. The molecule has 3 heterocycles. The summed E-state index contributed by atoms with van der Waals surface area (Å²) in [4.78, 5) is 23.7. The Morgan fingerprint density at radius 3 is 2.49 bits per heavy atom.